The lowest BCUT2D eigenvalue weighted by atomic mass is 9.87. The van der Waals surface area contributed by atoms with Crippen LogP contribution in [-0.4, -0.2) is 25.8 Å². The third-order valence-electron chi connectivity index (χ3n) is 3.07. The first kappa shape index (κ1) is 13.5. The number of azo groups is 1. The summed E-state index contributed by atoms with van der Waals surface area (Å²) in [6.45, 7) is 0.0399. The van der Waals surface area contributed by atoms with Crippen molar-refractivity contribution in [2.75, 3.05) is 13.7 Å². The molecule has 7 heteroatoms. The summed E-state index contributed by atoms with van der Waals surface area (Å²) in [5, 5.41) is 6.85. The third-order valence-corrected chi connectivity index (χ3v) is 3.07. The molecule has 1 atom stereocenters. The molecule has 0 amide bonds. The predicted molar refractivity (Wildman–Crippen MR) is 59.9 cm³/mol. The maximum absolute atomic E-state index is 13.2. The van der Waals surface area contributed by atoms with Gasteiger partial charge in [-0.2, -0.15) is 23.4 Å². The topological polar surface area (TPSA) is 51.0 Å². The molecule has 1 aromatic carbocycles. The molecule has 0 saturated carbocycles. The van der Waals surface area contributed by atoms with Crippen molar-refractivity contribution < 1.29 is 22.7 Å². The molecule has 4 nitrogen and oxygen atoms in total. The highest BCUT2D eigenvalue weighted by Gasteiger charge is 2.58. The van der Waals surface area contributed by atoms with E-state index in [-0.39, 0.29) is 24.1 Å². The number of methoxy groups -OCH3 is 1. The SMILES string of the molecule is COC(=O)c1ccc(C2(C(F)(F)F)CCN=N2)cc1. The molecule has 1 unspecified atom stereocenters. The molecule has 1 aliphatic heterocycles. The highest BCUT2D eigenvalue weighted by molar-refractivity contribution is 5.89. The van der Waals surface area contributed by atoms with Gasteiger partial charge in [0.15, 0.2) is 0 Å². The van der Waals surface area contributed by atoms with Crippen molar-refractivity contribution in [2.24, 2.45) is 10.2 Å². The smallest absolute Gasteiger partial charge is 0.419 e. The lowest BCUT2D eigenvalue weighted by Crippen LogP contribution is -2.39. The van der Waals surface area contributed by atoms with Gasteiger partial charge in [-0.25, -0.2) is 4.79 Å². The molecule has 0 aromatic heterocycles. The van der Waals surface area contributed by atoms with Gasteiger partial charge in [0.2, 0.25) is 5.54 Å². The van der Waals surface area contributed by atoms with Crippen molar-refractivity contribution in [1.82, 2.24) is 0 Å². The number of nitrogens with zero attached hydrogens (tertiary/aromatic N) is 2. The minimum Gasteiger partial charge on any atom is -0.465 e. The molecule has 1 aliphatic rings. The van der Waals surface area contributed by atoms with Crippen LogP contribution in [0, 0.1) is 0 Å². The molecular weight excluding hydrogens is 261 g/mol. The number of benzene rings is 1. The predicted octanol–water partition coefficient (Wildman–Crippen LogP) is 3.09. The van der Waals surface area contributed by atoms with Gasteiger partial charge in [-0.1, -0.05) is 12.1 Å². The first-order chi connectivity index (χ1) is 8.90. The van der Waals surface area contributed by atoms with E-state index < -0.39 is 17.7 Å². The van der Waals surface area contributed by atoms with Crippen molar-refractivity contribution in [1.29, 1.82) is 0 Å². The van der Waals surface area contributed by atoms with Crippen molar-refractivity contribution in [3.8, 4) is 0 Å². The van der Waals surface area contributed by atoms with Gasteiger partial charge >= 0.3 is 12.1 Å². The minimum absolute atomic E-state index is 0.0195. The monoisotopic (exact) mass is 272 g/mol. The number of hydrogen-bond donors (Lipinski definition) is 0. The quantitative estimate of drug-likeness (QED) is 0.777. The van der Waals surface area contributed by atoms with Gasteiger partial charge in [-0.3, -0.25) is 0 Å². The number of halogens is 3. The Morgan fingerprint density at radius 3 is 2.37 bits per heavy atom. The maximum atomic E-state index is 13.2. The first-order valence-corrected chi connectivity index (χ1v) is 5.55. The van der Waals surface area contributed by atoms with Crippen molar-refractivity contribution in [3.63, 3.8) is 0 Å². The van der Waals surface area contributed by atoms with Gasteiger partial charge in [0.25, 0.3) is 0 Å². The van der Waals surface area contributed by atoms with Gasteiger partial charge in [0.1, 0.15) is 0 Å². The summed E-state index contributed by atoms with van der Waals surface area (Å²) in [6, 6.07) is 5.07. The highest BCUT2D eigenvalue weighted by atomic mass is 19.4. The summed E-state index contributed by atoms with van der Waals surface area (Å²) in [7, 11) is 1.21. The van der Waals surface area contributed by atoms with Gasteiger partial charge in [-0.15, -0.1) is 0 Å². The van der Waals surface area contributed by atoms with E-state index in [9.17, 15) is 18.0 Å². The standard InChI is InChI=1S/C12H11F3N2O2/c1-19-10(18)8-2-4-9(5-3-8)11(12(13,14)15)6-7-16-17-11/h2-5H,6-7H2,1H3. The van der Waals surface area contributed by atoms with E-state index in [2.05, 4.69) is 15.0 Å². The van der Waals surface area contributed by atoms with Gasteiger partial charge in [0.05, 0.1) is 19.2 Å². The summed E-state index contributed by atoms with van der Waals surface area (Å²) in [5.74, 6) is -0.597. The Balaban J connectivity index is 2.40. The second-order valence-electron chi connectivity index (χ2n) is 4.14. The summed E-state index contributed by atoms with van der Waals surface area (Å²) in [5.41, 5.74) is -2.12. The lowest BCUT2D eigenvalue weighted by molar-refractivity contribution is -0.187. The zero-order valence-electron chi connectivity index (χ0n) is 10.1. The lowest BCUT2D eigenvalue weighted by Gasteiger charge is -2.27. The van der Waals surface area contributed by atoms with Crippen LogP contribution in [0.15, 0.2) is 34.5 Å². The van der Waals surface area contributed by atoms with E-state index in [0.29, 0.717) is 0 Å². The Labute approximate surface area is 107 Å². The van der Waals surface area contributed by atoms with E-state index in [1.165, 1.54) is 31.4 Å². The Bertz CT molecular complexity index is 511. The summed E-state index contributed by atoms with van der Waals surface area (Å²) in [6.07, 6.45) is -4.73. The van der Waals surface area contributed by atoms with Crippen LogP contribution in [0.4, 0.5) is 13.2 Å². The van der Waals surface area contributed by atoms with Crippen LogP contribution in [0.5, 0.6) is 0 Å². The Morgan fingerprint density at radius 1 is 1.32 bits per heavy atom. The summed E-state index contributed by atoms with van der Waals surface area (Å²) < 4.78 is 44.0. The number of carbonyl (C=O) groups excluding carboxylic acids is 1. The summed E-state index contributed by atoms with van der Waals surface area (Å²) >= 11 is 0. The van der Waals surface area contributed by atoms with Gasteiger partial charge in [0, 0.05) is 6.42 Å². The number of carbonyl (C=O) groups is 1. The number of ether oxygens (including phenoxy) is 1. The molecule has 19 heavy (non-hydrogen) atoms. The molecule has 0 bridgehead atoms. The van der Waals surface area contributed by atoms with E-state index >= 15 is 0 Å². The van der Waals surface area contributed by atoms with Gasteiger partial charge < -0.3 is 4.74 Å². The normalized spacial score (nSPS) is 22.5. The molecule has 0 saturated heterocycles. The van der Waals surface area contributed by atoms with E-state index in [1.54, 1.807) is 0 Å². The second-order valence-corrected chi connectivity index (χ2v) is 4.14. The number of hydrogen-bond acceptors (Lipinski definition) is 4. The molecule has 0 fully saturated rings. The van der Waals surface area contributed by atoms with Crippen LogP contribution in [0.1, 0.15) is 22.3 Å². The molecule has 0 N–H and O–H groups in total. The van der Waals surface area contributed by atoms with Gasteiger partial charge in [-0.05, 0) is 17.7 Å². The Kier molecular flexibility index (Phi) is 3.30. The average Bonchev–Trinajstić information content (AvgIpc) is 2.88. The van der Waals surface area contributed by atoms with Crippen molar-refractivity contribution in [3.05, 3.63) is 35.4 Å². The molecule has 1 heterocycles. The van der Waals surface area contributed by atoms with E-state index in [4.69, 9.17) is 0 Å². The molecular formula is C12H11F3N2O2. The largest absolute Gasteiger partial charge is 0.465 e. The summed E-state index contributed by atoms with van der Waals surface area (Å²) in [4.78, 5) is 11.2. The van der Waals surface area contributed by atoms with Crippen LogP contribution in [-0.2, 0) is 10.3 Å². The second kappa shape index (κ2) is 4.64. The van der Waals surface area contributed by atoms with Crippen LogP contribution < -0.4 is 0 Å². The molecule has 102 valence electrons. The Hall–Kier alpha value is -1.92. The van der Waals surface area contributed by atoms with E-state index in [0.717, 1.165) is 0 Å². The van der Waals surface area contributed by atoms with Crippen molar-refractivity contribution >= 4 is 5.97 Å². The molecule has 1 aromatic rings. The minimum atomic E-state index is -4.51. The number of rotatable bonds is 2. The number of alkyl halides is 3. The first-order valence-electron chi connectivity index (χ1n) is 5.55. The Morgan fingerprint density at radius 2 is 1.95 bits per heavy atom. The molecule has 2 rings (SSSR count). The van der Waals surface area contributed by atoms with E-state index in [1.807, 2.05) is 0 Å². The van der Waals surface area contributed by atoms with Crippen molar-refractivity contribution in [2.45, 2.75) is 18.1 Å². The fourth-order valence-electron chi connectivity index (χ4n) is 2.00. The van der Waals surface area contributed by atoms with Crippen LogP contribution in [0.3, 0.4) is 0 Å². The maximum Gasteiger partial charge on any atom is 0.419 e. The van der Waals surface area contributed by atoms with Crippen LogP contribution in [0.2, 0.25) is 0 Å². The number of esters is 1. The fraction of sp³-hybridized carbons (Fsp3) is 0.417. The third kappa shape index (κ3) is 2.20. The van der Waals surface area contributed by atoms with Crippen LogP contribution >= 0.6 is 0 Å². The fourth-order valence-corrected chi connectivity index (χ4v) is 2.00. The highest BCUT2D eigenvalue weighted by Crippen LogP contribution is 2.47. The molecule has 0 aliphatic carbocycles. The molecule has 0 radical (unpaired) electrons. The average molecular weight is 272 g/mol. The molecule has 0 spiro atoms. The zero-order valence-corrected chi connectivity index (χ0v) is 10.1. The zero-order chi connectivity index (χ0) is 14.1. The van der Waals surface area contributed by atoms with Crippen LogP contribution in [0.25, 0.3) is 0 Å².